The van der Waals surface area contributed by atoms with Crippen molar-refractivity contribution in [3.63, 3.8) is 0 Å². The highest BCUT2D eigenvalue weighted by molar-refractivity contribution is 14.0. The summed E-state index contributed by atoms with van der Waals surface area (Å²) in [4.78, 5) is 13.9. The van der Waals surface area contributed by atoms with E-state index in [1.165, 1.54) is 13.1 Å². The van der Waals surface area contributed by atoms with E-state index in [1.807, 2.05) is 13.8 Å². The molecule has 1 aliphatic rings. The summed E-state index contributed by atoms with van der Waals surface area (Å²) in [5.41, 5.74) is 0.934. The van der Waals surface area contributed by atoms with Gasteiger partial charge in [0.2, 0.25) is 5.89 Å². The topological polar surface area (TPSA) is 68.9 Å². The van der Waals surface area contributed by atoms with Crippen LogP contribution in [0.25, 0.3) is 0 Å². The molecule has 2 N–H and O–H groups in total. The van der Waals surface area contributed by atoms with Gasteiger partial charge in [-0.2, -0.15) is 0 Å². The average molecular weight is 478 g/mol. The Kier molecular flexibility index (Phi) is 10.5. The third-order valence-electron chi connectivity index (χ3n) is 4.57. The number of likely N-dealkylation sites (N-methyl/N-ethyl adjacent to an activating group) is 1. The normalized spacial score (nSPS) is 17.7. The third kappa shape index (κ3) is 7.79. The fourth-order valence-corrected chi connectivity index (χ4v) is 2.90. The van der Waals surface area contributed by atoms with E-state index < -0.39 is 0 Å². The zero-order valence-corrected chi connectivity index (χ0v) is 19.2. The van der Waals surface area contributed by atoms with Crippen LogP contribution >= 0.6 is 24.0 Å². The number of hydrogen-bond donors (Lipinski definition) is 2. The minimum absolute atomic E-state index is 0. The number of aliphatic imine (C=N–C) groups is 1. The first-order valence-electron chi connectivity index (χ1n) is 9.34. The highest BCUT2D eigenvalue weighted by Crippen LogP contribution is 2.09. The van der Waals surface area contributed by atoms with Gasteiger partial charge in [0.1, 0.15) is 12.3 Å². The molecule has 0 aromatic carbocycles. The van der Waals surface area contributed by atoms with E-state index in [9.17, 15) is 0 Å². The van der Waals surface area contributed by atoms with Crippen molar-refractivity contribution < 1.29 is 4.42 Å². The molecule has 1 aliphatic heterocycles. The first kappa shape index (κ1) is 23.2. The van der Waals surface area contributed by atoms with Gasteiger partial charge in [-0.1, -0.05) is 6.92 Å². The second-order valence-electron chi connectivity index (χ2n) is 7.03. The largest absolute Gasteiger partial charge is 0.444 e. The van der Waals surface area contributed by atoms with Gasteiger partial charge in [0.15, 0.2) is 5.96 Å². The third-order valence-corrected chi connectivity index (χ3v) is 4.57. The summed E-state index contributed by atoms with van der Waals surface area (Å²) >= 11 is 0. The standard InChI is InChI=1S/C18H34N6O.HI/c1-6-19-18(21-12-17-22-15(3)16(4)25-17)20-11-14(2)13-24-9-7-23(5)8-10-24;/h14H,6-13H2,1-5H3,(H2,19,20,21);1H. The Bertz CT molecular complexity index is 534. The highest BCUT2D eigenvalue weighted by atomic mass is 127. The maximum Gasteiger partial charge on any atom is 0.216 e. The number of nitrogens with one attached hydrogen (secondary N) is 2. The number of hydrogen-bond acceptors (Lipinski definition) is 5. The Hall–Kier alpha value is -0.870. The van der Waals surface area contributed by atoms with Crippen LogP contribution < -0.4 is 10.6 Å². The average Bonchev–Trinajstić information content (AvgIpc) is 2.90. The number of piperazine rings is 1. The molecule has 1 atom stereocenters. The molecule has 1 aromatic heterocycles. The van der Waals surface area contributed by atoms with E-state index >= 15 is 0 Å². The Morgan fingerprint density at radius 2 is 1.92 bits per heavy atom. The predicted octanol–water partition coefficient (Wildman–Crippen LogP) is 1.85. The fraction of sp³-hybridized carbons (Fsp3) is 0.778. The minimum Gasteiger partial charge on any atom is -0.444 e. The molecule has 8 heteroatoms. The predicted molar refractivity (Wildman–Crippen MR) is 117 cm³/mol. The maximum atomic E-state index is 5.59. The van der Waals surface area contributed by atoms with Crippen LogP contribution in [0, 0.1) is 19.8 Å². The molecule has 1 fully saturated rings. The van der Waals surface area contributed by atoms with Gasteiger partial charge in [-0.25, -0.2) is 9.98 Å². The van der Waals surface area contributed by atoms with Crippen LogP contribution in [0.1, 0.15) is 31.2 Å². The van der Waals surface area contributed by atoms with Crippen LogP contribution in [0.3, 0.4) is 0 Å². The molecule has 0 saturated carbocycles. The molecule has 7 nitrogen and oxygen atoms in total. The molecule has 0 bridgehead atoms. The lowest BCUT2D eigenvalue weighted by Crippen LogP contribution is -2.47. The van der Waals surface area contributed by atoms with Crippen molar-refractivity contribution in [1.29, 1.82) is 0 Å². The Morgan fingerprint density at radius 1 is 1.23 bits per heavy atom. The summed E-state index contributed by atoms with van der Waals surface area (Å²) in [5, 5.41) is 6.73. The Balaban J connectivity index is 0.00000338. The van der Waals surface area contributed by atoms with Crippen LogP contribution in [-0.2, 0) is 6.54 Å². The van der Waals surface area contributed by atoms with E-state index in [-0.39, 0.29) is 24.0 Å². The van der Waals surface area contributed by atoms with Crippen LogP contribution in [-0.4, -0.2) is 73.6 Å². The summed E-state index contributed by atoms with van der Waals surface area (Å²) in [7, 11) is 2.19. The van der Waals surface area contributed by atoms with E-state index in [0.717, 1.165) is 50.1 Å². The van der Waals surface area contributed by atoms with Gasteiger partial charge in [0, 0.05) is 45.8 Å². The van der Waals surface area contributed by atoms with E-state index in [2.05, 4.69) is 51.3 Å². The molecule has 1 unspecified atom stereocenters. The monoisotopic (exact) mass is 478 g/mol. The number of rotatable bonds is 7. The van der Waals surface area contributed by atoms with Gasteiger partial charge < -0.3 is 24.9 Å². The number of guanidine groups is 1. The van der Waals surface area contributed by atoms with Gasteiger partial charge >= 0.3 is 0 Å². The maximum absolute atomic E-state index is 5.59. The molecule has 26 heavy (non-hydrogen) atoms. The van der Waals surface area contributed by atoms with Gasteiger partial charge in [-0.05, 0) is 33.7 Å². The van der Waals surface area contributed by atoms with Crippen molar-refractivity contribution in [1.82, 2.24) is 25.4 Å². The quantitative estimate of drug-likeness (QED) is 0.354. The Labute approximate surface area is 175 Å². The smallest absolute Gasteiger partial charge is 0.216 e. The van der Waals surface area contributed by atoms with Crippen LogP contribution in [0.15, 0.2) is 9.41 Å². The minimum atomic E-state index is 0. The summed E-state index contributed by atoms with van der Waals surface area (Å²) in [5.74, 6) is 2.92. The van der Waals surface area contributed by atoms with Crippen molar-refractivity contribution >= 4 is 29.9 Å². The molecule has 2 heterocycles. The molecule has 0 spiro atoms. The van der Waals surface area contributed by atoms with Crippen molar-refractivity contribution in [2.75, 3.05) is 52.9 Å². The summed E-state index contributed by atoms with van der Waals surface area (Å²) in [6.07, 6.45) is 0. The second kappa shape index (κ2) is 11.8. The first-order valence-corrected chi connectivity index (χ1v) is 9.34. The molecule has 0 amide bonds. The zero-order valence-electron chi connectivity index (χ0n) is 16.8. The zero-order chi connectivity index (χ0) is 18.2. The van der Waals surface area contributed by atoms with Gasteiger partial charge in [-0.15, -0.1) is 24.0 Å². The molecule has 2 rings (SSSR count). The number of aromatic nitrogens is 1. The molecule has 0 aliphatic carbocycles. The summed E-state index contributed by atoms with van der Waals surface area (Å²) in [6, 6.07) is 0. The van der Waals surface area contributed by atoms with Crippen LogP contribution in [0.5, 0.6) is 0 Å². The second-order valence-corrected chi connectivity index (χ2v) is 7.03. The van der Waals surface area contributed by atoms with Gasteiger partial charge in [-0.3, -0.25) is 0 Å². The fourth-order valence-electron chi connectivity index (χ4n) is 2.90. The number of nitrogens with zero attached hydrogens (tertiary/aromatic N) is 4. The summed E-state index contributed by atoms with van der Waals surface area (Å²) < 4.78 is 5.59. The SMILES string of the molecule is CCNC(=NCc1nc(C)c(C)o1)NCC(C)CN1CCN(C)CC1.I. The number of aryl methyl sites for hydroxylation is 2. The van der Waals surface area contributed by atoms with Crippen molar-refractivity contribution in [3.05, 3.63) is 17.3 Å². The molecule has 1 saturated heterocycles. The van der Waals surface area contributed by atoms with Crippen LogP contribution in [0.2, 0.25) is 0 Å². The van der Waals surface area contributed by atoms with E-state index in [0.29, 0.717) is 18.4 Å². The lowest BCUT2D eigenvalue weighted by molar-refractivity contribution is 0.139. The first-order chi connectivity index (χ1) is 12.0. The van der Waals surface area contributed by atoms with Crippen molar-refractivity contribution in [2.24, 2.45) is 10.9 Å². The van der Waals surface area contributed by atoms with Gasteiger partial charge in [0.25, 0.3) is 0 Å². The summed E-state index contributed by atoms with van der Waals surface area (Å²) in [6.45, 7) is 16.2. The molecular formula is C18H35IN6O. The highest BCUT2D eigenvalue weighted by Gasteiger charge is 2.16. The number of halogens is 1. The van der Waals surface area contributed by atoms with Crippen LogP contribution in [0.4, 0.5) is 0 Å². The lowest BCUT2D eigenvalue weighted by Gasteiger charge is -2.34. The lowest BCUT2D eigenvalue weighted by atomic mass is 10.1. The molecule has 1 aromatic rings. The molecule has 150 valence electrons. The van der Waals surface area contributed by atoms with E-state index in [4.69, 9.17) is 4.42 Å². The van der Waals surface area contributed by atoms with Crippen molar-refractivity contribution in [2.45, 2.75) is 34.2 Å². The Morgan fingerprint density at radius 3 is 2.50 bits per heavy atom. The van der Waals surface area contributed by atoms with Gasteiger partial charge in [0.05, 0.1) is 5.69 Å². The van der Waals surface area contributed by atoms with E-state index in [1.54, 1.807) is 0 Å². The number of oxazole rings is 1. The molecular weight excluding hydrogens is 443 g/mol. The molecule has 0 radical (unpaired) electrons. The van der Waals surface area contributed by atoms with Crippen molar-refractivity contribution in [3.8, 4) is 0 Å².